The van der Waals surface area contributed by atoms with Gasteiger partial charge in [0.05, 0.1) is 5.75 Å². The minimum absolute atomic E-state index is 0.0306. The van der Waals surface area contributed by atoms with Crippen LogP contribution in [0.25, 0.3) is 0 Å². The lowest BCUT2D eigenvalue weighted by Gasteiger charge is -2.23. The van der Waals surface area contributed by atoms with Gasteiger partial charge in [-0.25, -0.2) is 8.42 Å². The molecule has 1 aliphatic carbocycles. The monoisotopic (exact) mass is 275 g/mol. The molecule has 5 nitrogen and oxygen atoms in total. The Morgan fingerprint density at radius 2 is 2.06 bits per heavy atom. The molecule has 2 fully saturated rings. The zero-order valence-electron chi connectivity index (χ0n) is 10.5. The van der Waals surface area contributed by atoms with Crippen molar-refractivity contribution in [1.82, 2.24) is 5.32 Å². The van der Waals surface area contributed by atoms with Gasteiger partial charge in [-0.15, -0.1) is 0 Å². The molecule has 104 valence electrons. The van der Waals surface area contributed by atoms with E-state index >= 15 is 0 Å². The number of carbonyl (C=O) groups excluding carboxylic acids is 1. The first-order chi connectivity index (χ1) is 8.49. The van der Waals surface area contributed by atoms with Crippen molar-refractivity contribution in [3.05, 3.63) is 0 Å². The van der Waals surface area contributed by atoms with Crippen LogP contribution in [0.1, 0.15) is 38.5 Å². The normalized spacial score (nSPS) is 28.6. The topological polar surface area (TPSA) is 83.5 Å². The van der Waals surface area contributed by atoms with Gasteiger partial charge in [-0.05, 0) is 37.5 Å². The smallest absolute Gasteiger partial charge is 0.238 e. The SMILES string of the molecule is O=C(NCC1(CCO)CC1)C1CCCCS1(=O)=O. The number of nitrogens with one attached hydrogen (secondary N) is 1. The molecule has 0 bridgehead atoms. The van der Waals surface area contributed by atoms with Gasteiger partial charge in [0.15, 0.2) is 9.84 Å². The molecule has 1 saturated heterocycles. The molecule has 1 amide bonds. The fraction of sp³-hybridized carbons (Fsp3) is 0.917. The van der Waals surface area contributed by atoms with Crippen molar-refractivity contribution in [2.45, 2.75) is 43.8 Å². The van der Waals surface area contributed by atoms with E-state index in [-0.39, 0.29) is 23.7 Å². The van der Waals surface area contributed by atoms with E-state index in [0.717, 1.165) is 19.3 Å². The standard InChI is InChI=1S/C12H21NO4S/c14-7-6-12(4-5-12)9-13-11(15)10-3-1-2-8-18(10,16)17/h10,14H,1-9H2,(H,13,15). The maximum atomic E-state index is 11.9. The third-order valence-electron chi connectivity index (χ3n) is 4.11. The van der Waals surface area contributed by atoms with E-state index < -0.39 is 15.1 Å². The fourth-order valence-corrected chi connectivity index (χ4v) is 4.39. The van der Waals surface area contributed by atoms with Gasteiger partial charge in [0, 0.05) is 13.2 Å². The van der Waals surface area contributed by atoms with Crippen LogP contribution in [0.5, 0.6) is 0 Å². The third kappa shape index (κ3) is 3.03. The van der Waals surface area contributed by atoms with Crippen molar-refractivity contribution >= 4 is 15.7 Å². The molecule has 2 N–H and O–H groups in total. The van der Waals surface area contributed by atoms with Crippen LogP contribution < -0.4 is 5.32 Å². The average Bonchev–Trinajstić information content (AvgIpc) is 3.06. The van der Waals surface area contributed by atoms with Gasteiger partial charge >= 0.3 is 0 Å². The number of aliphatic hydroxyl groups excluding tert-OH is 1. The van der Waals surface area contributed by atoms with Crippen LogP contribution >= 0.6 is 0 Å². The van der Waals surface area contributed by atoms with E-state index in [1.807, 2.05) is 0 Å². The number of aliphatic hydroxyl groups is 1. The number of hydrogen-bond acceptors (Lipinski definition) is 4. The Kier molecular flexibility index (Phi) is 3.96. The molecule has 0 aromatic heterocycles. The maximum Gasteiger partial charge on any atom is 0.238 e. The van der Waals surface area contributed by atoms with Crippen molar-refractivity contribution in [3.63, 3.8) is 0 Å². The predicted molar refractivity (Wildman–Crippen MR) is 67.8 cm³/mol. The molecule has 18 heavy (non-hydrogen) atoms. The fourth-order valence-electron chi connectivity index (χ4n) is 2.57. The van der Waals surface area contributed by atoms with Crippen molar-refractivity contribution in [2.24, 2.45) is 5.41 Å². The highest BCUT2D eigenvalue weighted by atomic mass is 32.2. The second-order valence-electron chi connectivity index (χ2n) is 5.54. The third-order valence-corrected chi connectivity index (χ3v) is 6.28. The summed E-state index contributed by atoms with van der Waals surface area (Å²) in [6, 6.07) is 0. The maximum absolute atomic E-state index is 11.9. The molecule has 6 heteroatoms. The first-order valence-corrected chi connectivity index (χ1v) is 8.31. The van der Waals surface area contributed by atoms with E-state index in [0.29, 0.717) is 25.8 Å². The number of carbonyl (C=O) groups is 1. The Labute approximate surface area is 108 Å². The largest absolute Gasteiger partial charge is 0.396 e. The summed E-state index contributed by atoms with van der Waals surface area (Å²) in [6.45, 7) is 0.621. The summed E-state index contributed by atoms with van der Waals surface area (Å²) >= 11 is 0. The molecule has 1 heterocycles. The molecule has 1 atom stereocenters. The molecule has 2 aliphatic rings. The first-order valence-electron chi connectivity index (χ1n) is 6.59. The van der Waals surface area contributed by atoms with E-state index in [4.69, 9.17) is 5.11 Å². The van der Waals surface area contributed by atoms with Crippen LogP contribution in [-0.4, -0.2) is 43.6 Å². The zero-order valence-corrected chi connectivity index (χ0v) is 11.3. The molecular formula is C12H21NO4S. The van der Waals surface area contributed by atoms with Crippen molar-refractivity contribution in [2.75, 3.05) is 18.9 Å². The lowest BCUT2D eigenvalue weighted by molar-refractivity contribution is -0.121. The van der Waals surface area contributed by atoms with Gasteiger partial charge in [-0.1, -0.05) is 6.42 Å². The van der Waals surface area contributed by atoms with Crippen molar-refractivity contribution in [3.8, 4) is 0 Å². The minimum atomic E-state index is -3.24. The van der Waals surface area contributed by atoms with Crippen LogP contribution in [0.3, 0.4) is 0 Å². The quantitative estimate of drug-likeness (QED) is 0.752. The summed E-state index contributed by atoms with van der Waals surface area (Å²) in [4.78, 5) is 11.9. The van der Waals surface area contributed by atoms with E-state index in [2.05, 4.69) is 5.32 Å². The van der Waals surface area contributed by atoms with Gasteiger partial charge in [0.25, 0.3) is 0 Å². The summed E-state index contributed by atoms with van der Waals surface area (Å²) in [6.07, 6.45) is 4.61. The minimum Gasteiger partial charge on any atom is -0.396 e. The Hall–Kier alpha value is -0.620. The molecule has 0 radical (unpaired) electrons. The molecule has 0 aromatic carbocycles. The average molecular weight is 275 g/mol. The second kappa shape index (κ2) is 5.17. The summed E-state index contributed by atoms with van der Waals surface area (Å²) in [5.41, 5.74) is 0.0306. The second-order valence-corrected chi connectivity index (χ2v) is 7.85. The van der Waals surface area contributed by atoms with Crippen LogP contribution in [0.4, 0.5) is 0 Å². The van der Waals surface area contributed by atoms with Crippen molar-refractivity contribution < 1.29 is 18.3 Å². The summed E-state index contributed by atoms with van der Waals surface area (Å²) in [5, 5.41) is 10.8. The molecule has 1 aliphatic heterocycles. The van der Waals surface area contributed by atoms with E-state index in [9.17, 15) is 13.2 Å². The highest BCUT2D eigenvalue weighted by Gasteiger charge is 2.43. The molecule has 2 rings (SSSR count). The number of rotatable bonds is 5. The molecule has 1 saturated carbocycles. The highest BCUT2D eigenvalue weighted by molar-refractivity contribution is 7.92. The Morgan fingerprint density at radius 1 is 1.33 bits per heavy atom. The van der Waals surface area contributed by atoms with Crippen LogP contribution in [0.15, 0.2) is 0 Å². The number of hydrogen-bond donors (Lipinski definition) is 2. The molecular weight excluding hydrogens is 254 g/mol. The van der Waals surface area contributed by atoms with Crippen LogP contribution in [-0.2, 0) is 14.6 Å². The zero-order chi connectivity index (χ0) is 13.2. The first kappa shape index (κ1) is 13.8. The predicted octanol–water partition coefficient (Wildman–Crippen LogP) is 0.232. The Bertz CT molecular complexity index is 414. The van der Waals surface area contributed by atoms with E-state index in [1.54, 1.807) is 0 Å². The molecule has 0 spiro atoms. The Morgan fingerprint density at radius 3 is 2.61 bits per heavy atom. The molecule has 1 unspecified atom stereocenters. The van der Waals surface area contributed by atoms with Crippen molar-refractivity contribution in [1.29, 1.82) is 0 Å². The van der Waals surface area contributed by atoms with Gasteiger partial charge in [-0.2, -0.15) is 0 Å². The van der Waals surface area contributed by atoms with Crippen LogP contribution in [0, 0.1) is 5.41 Å². The number of amides is 1. The van der Waals surface area contributed by atoms with Crippen LogP contribution in [0.2, 0.25) is 0 Å². The van der Waals surface area contributed by atoms with Gasteiger partial charge in [0.1, 0.15) is 5.25 Å². The lowest BCUT2D eigenvalue weighted by Crippen LogP contribution is -2.44. The molecule has 0 aromatic rings. The van der Waals surface area contributed by atoms with Gasteiger partial charge in [0.2, 0.25) is 5.91 Å². The Balaban J connectivity index is 1.88. The van der Waals surface area contributed by atoms with E-state index in [1.165, 1.54) is 0 Å². The number of sulfone groups is 1. The summed E-state index contributed by atoms with van der Waals surface area (Å²) in [7, 11) is -3.24. The summed E-state index contributed by atoms with van der Waals surface area (Å²) < 4.78 is 23.6. The summed E-state index contributed by atoms with van der Waals surface area (Å²) in [5.74, 6) is -0.216. The highest BCUT2D eigenvalue weighted by Crippen LogP contribution is 2.47. The van der Waals surface area contributed by atoms with Gasteiger partial charge < -0.3 is 10.4 Å². The van der Waals surface area contributed by atoms with Gasteiger partial charge in [-0.3, -0.25) is 4.79 Å². The lowest BCUT2D eigenvalue weighted by atomic mass is 10.0.